The summed E-state index contributed by atoms with van der Waals surface area (Å²) in [5.74, 6) is 0.533. The molecule has 5 heteroatoms. The standard InChI is InChI=1S/C17H24O5/c1-17(2,16(18)19)11-12-4-5-14(15(10-12)20-3)22-13-6-8-21-9-7-13/h4-5,10,13H,6-9,11H2,1-3H3,(H,18,19). The van der Waals surface area contributed by atoms with Crippen molar-refractivity contribution >= 4 is 5.97 Å². The fourth-order valence-corrected chi connectivity index (χ4v) is 2.48. The molecule has 0 bridgehead atoms. The number of rotatable bonds is 6. The molecule has 1 heterocycles. The molecular weight excluding hydrogens is 284 g/mol. The summed E-state index contributed by atoms with van der Waals surface area (Å²) < 4.78 is 16.7. The van der Waals surface area contributed by atoms with Crippen LogP contribution < -0.4 is 9.47 Å². The zero-order chi connectivity index (χ0) is 16.2. The van der Waals surface area contributed by atoms with Gasteiger partial charge in [0, 0.05) is 12.8 Å². The highest BCUT2D eigenvalue weighted by Gasteiger charge is 2.28. The van der Waals surface area contributed by atoms with Crippen LogP contribution in [0.2, 0.25) is 0 Å². The number of methoxy groups -OCH3 is 1. The molecule has 122 valence electrons. The van der Waals surface area contributed by atoms with E-state index in [0.29, 0.717) is 17.9 Å². The lowest BCUT2D eigenvalue weighted by atomic mass is 9.86. The summed E-state index contributed by atoms with van der Waals surface area (Å²) in [4.78, 5) is 11.2. The van der Waals surface area contributed by atoms with Crippen molar-refractivity contribution in [2.75, 3.05) is 20.3 Å². The summed E-state index contributed by atoms with van der Waals surface area (Å²) in [6.07, 6.45) is 2.33. The molecule has 0 spiro atoms. The molecule has 0 atom stereocenters. The van der Waals surface area contributed by atoms with Crippen molar-refractivity contribution in [3.05, 3.63) is 23.8 Å². The molecule has 22 heavy (non-hydrogen) atoms. The second-order valence-electron chi connectivity index (χ2n) is 6.28. The smallest absolute Gasteiger partial charge is 0.309 e. The molecule has 1 aliphatic rings. The first-order chi connectivity index (χ1) is 10.4. The number of carboxylic acids is 1. The van der Waals surface area contributed by atoms with Crippen molar-refractivity contribution in [2.24, 2.45) is 5.41 Å². The molecular formula is C17H24O5. The molecule has 1 aliphatic heterocycles. The van der Waals surface area contributed by atoms with Gasteiger partial charge in [-0.1, -0.05) is 6.07 Å². The van der Waals surface area contributed by atoms with E-state index in [1.54, 1.807) is 21.0 Å². The lowest BCUT2D eigenvalue weighted by molar-refractivity contribution is -0.146. The third kappa shape index (κ3) is 4.13. The van der Waals surface area contributed by atoms with E-state index in [2.05, 4.69) is 0 Å². The summed E-state index contributed by atoms with van der Waals surface area (Å²) >= 11 is 0. The highest BCUT2D eigenvalue weighted by molar-refractivity contribution is 5.74. The van der Waals surface area contributed by atoms with Crippen LogP contribution in [0.25, 0.3) is 0 Å². The second kappa shape index (κ2) is 7.01. The molecule has 1 saturated heterocycles. The molecule has 5 nitrogen and oxygen atoms in total. The van der Waals surface area contributed by atoms with Gasteiger partial charge in [-0.2, -0.15) is 0 Å². The van der Waals surface area contributed by atoms with Crippen LogP contribution in [-0.4, -0.2) is 37.5 Å². The molecule has 0 aliphatic carbocycles. The molecule has 0 amide bonds. The average molecular weight is 308 g/mol. The Morgan fingerprint density at radius 1 is 1.32 bits per heavy atom. The minimum absolute atomic E-state index is 0.143. The highest BCUT2D eigenvalue weighted by atomic mass is 16.5. The number of benzene rings is 1. The number of carbonyl (C=O) groups is 1. The Labute approximate surface area is 131 Å². The maximum absolute atomic E-state index is 11.2. The number of hydrogen-bond acceptors (Lipinski definition) is 4. The Balaban J connectivity index is 2.11. The van der Waals surface area contributed by atoms with Crippen molar-refractivity contribution in [1.29, 1.82) is 0 Å². The van der Waals surface area contributed by atoms with Crippen molar-refractivity contribution in [2.45, 2.75) is 39.2 Å². The molecule has 0 aromatic heterocycles. The molecule has 0 radical (unpaired) electrons. The van der Waals surface area contributed by atoms with Crippen LogP contribution in [0.1, 0.15) is 32.3 Å². The minimum Gasteiger partial charge on any atom is -0.493 e. The molecule has 2 rings (SSSR count). The van der Waals surface area contributed by atoms with Crippen LogP contribution in [0.5, 0.6) is 11.5 Å². The Morgan fingerprint density at radius 3 is 2.59 bits per heavy atom. The van der Waals surface area contributed by atoms with Crippen molar-refractivity contribution in [1.82, 2.24) is 0 Å². The predicted molar refractivity (Wildman–Crippen MR) is 82.6 cm³/mol. The van der Waals surface area contributed by atoms with E-state index >= 15 is 0 Å². The van der Waals surface area contributed by atoms with Crippen LogP contribution in [0, 0.1) is 5.41 Å². The van der Waals surface area contributed by atoms with E-state index in [0.717, 1.165) is 31.6 Å². The minimum atomic E-state index is -0.811. The summed E-state index contributed by atoms with van der Waals surface area (Å²) in [6, 6.07) is 5.63. The van der Waals surface area contributed by atoms with E-state index in [1.807, 2.05) is 18.2 Å². The van der Waals surface area contributed by atoms with Crippen LogP contribution >= 0.6 is 0 Å². The quantitative estimate of drug-likeness (QED) is 0.875. The third-order valence-electron chi connectivity index (χ3n) is 3.92. The lowest BCUT2D eigenvalue weighted by Gasteiger charge is -2.25. The first-order valence-corrected chi connectivity index (χ1v) is 7.57. The van der Waals surface area contributed by atoms with Crippen LogP contribution in [0.3, 0.4) is 0 Å². The van der Waals surface area contributed by atoms with Gasteiger partial charge in [-0.15, -0.1) is 0 Å². The van der Waals surface area contributed by atoms with E-state index < -0.39 is 11.4 Å². The zero-order valence-corrected chi connectivity index (χ0v) is 13.4. The summed E-state index contributed by atoms with van der Waals surface area (Å²) in [6.45, 7) is 4.87. The van der Waals surface area contributed by atoms with Gasteiger partial charge < -0.3 is 19.3 Å². The summed E-state index contributed by atoms with van der Waals surface area (Å²) in [7, 11) is 1.60. The zero-order valence-electron chi connectivity index (χ0n) is 13.4. The fourth-order valence-electron chi connectivity index (χ4n) is 2.48. The van der Waals surface area contributed by atoms with E-state index in [9.17, 15) is 9.90 Å². The number of hydrogen-bond donors (Lipinski definition) is 1. The SMILES string of the molecule is COc1cc(CC(C)(C)C(=O)O)ccc1OC1CCOCC1. The topological polar surface area (TPSA) is 65.0 Å². The van der Waals surface area contributed by atoms with Crippen LogP contribution in [-0.2, 0) is 16.0 Å². The van der Waals surface area contributed by atoms with E-state index in [4.69, 9.17) is 14.2 Å². The van der Waals surface area contributed by atoms with Gasteiger partial charge in [0.2, 0.25) is 0 Å². The fraction of sp³-hybridized carbons (Fsp3) is 0.588. The Morgan fingerprint density at radius 2 is 2.00 bits per heavy atom. The normalized spacial score (nSPS) is 16.3. The van der Waals surface area contributed by atoms with Crippen molar-refractivity contribution < 1.29 is 24.1 Å². The van der Waals surface area contributed by atoms with Crippen molar-refractivity contribution in [3.8, 4) is 11.5 Å². The van der Waals surface area contributed by atoms with Gasteiger partial charge in [-0.3, -0.25) is 4.79 Å². The molecule has 1 aromatic carbocycles. The van der Waals surface area contributed by atoms with Crippen molar-refractivity contribution in [3.63, 3.8) is 0 Å². The number of ether oxygens (including phenoxy) is 3. The monoisotopic (exact) mass is 308 g/mol. The van der Waals surface area contributed by atoms with Crippen LogP contribution in [0.15, 0.2) is 18.2 Å². The van der Waals surface area contributed by atoms with Crippen LogP contribution in [0.4, 0.5) is 0 Å². The molecule has 1 N–H and O–H groups in total. The molecule has 0 unspecified atom stereocenters. The molecule has 1 fully saturated rings. The maximum atomic E-state index is 11.2. The maximum Gasteiger partial charge on any atom is 0.309 e. The van der Waals surface area contributed by atoms with Gasteiger partial charge >= 0.3 is 5.97 Å². The Hall–Kier alpha value is -1.75. The Bertz CT molecular complexity index is 518. The first-order valence-electron chi connectivity index (χ1n) is 7.57. The largest absolute Gasteiger partial charge is 0.493 e. The average Bonchev–Trinajstić information content (AvgIpc) is 2.49. The lowest BCUT2D eigenvalue weighted by Crippen LogP contribution is -2.26. The van der Waals surface area contributed by atoms with Gasteiger partial charge in [-0.05, 0) is 38.0 Å². The Kier molecular flexibility index (Phi) is 5.29. The number of carboxylic acid groups (broad SMARTS) is 1. The second-order valence-corrected chi connectivity index (χ2v) is 6.28. The third-order valence-corrected chi connectivity index (χ3v) is 3.92. The molecule has 0 saturated carbocycles. The number of aliphatic carboxylic acids is 1. The molecule has 1 aromatic rings. The summed E-state index contributed by atoms with van der Waals surface area (Å²) in [5.41, 5.74) is 0.109. The predicted octanol–water partition coefficient (Wildman–Crippen LogP) is 2.91. The van der Waals surface area contributed by atoms with Gasteiger partial charge in [0.05, 0.1) is 25.7 Å². The van der Waals surface area contributed by atoms with Gasteiger partial charge in [0.15, 0.2) is 11.5 Å². The van der Waals surface area contributed by atoms with Gasteiger partial charge in [0.25, 0.3) is 0 Å². The summed E-state index contributed by atoms with van der Waals surface area (Å²) in [5, 5.41) is 9.23. The van der Waals surface area contributed by atoms with Gasteiger partial charge in [-0.25, -0.2) is 0 Å². The first kappa shape index (κ1) is 16.6. The van der Waals surface area contributed by atoms with Gasteiger partial charge in [0.1, 0.15) is 6.10 Å². The highest BCUT2D eigenvalue weighted by Crippen LogP contribution is 2.32. The van der Waals surface area contributed by atoms with E-state index in [1.165, 1.54) is 0 Å². The van der Waals surface area contributed by atoms with E-state index in [-0.39, 0.29) is 6.10 Å².